The number of rotatable bonds is 6. The van der Waals surface area contributed by atoms with Crippen LogP contribution in [-0.4, -0.2) is 17.9 Å². The van der Waals surface area contributed by atoms with E-state index < -0.39 is 17.8 Å². The van der Waals surface area contributed by atoms with E-state index in [1.165, 1.54) is 46.8 Å². The zero-order chi connectivity index (χ0) is 20.2. The van der Waals surface area contributed by atoms with Crippen molar-refractivity contribution in [2.75, 3.05) is 4.90 Å². The number of carbonyl (C=O) groups is 2. The van der Waals surface area contributed by atoms with Crippen molar-refractivity contribution >= 4 is 28.8 Å². The van der Waals surface area contributed by atoms with Crippen LogP contribution in [0.2, 0.25) is 0 Å². The van der Waals surface area contributed by atoms with Crippen molar-refractivity contribution in [3.63, 3.8) is 0 Å². The Labute approximate surface area is 172 Å². The van der Waals surface area contributed by atoms with Crippen molar-refractivity contribution in [2.45, 2.75) is 37.8 Å². The summed E-state index contributed by atoms with van der Waals surface area (Å²) >= 11 is 1.40. The van der Waals surface area contributed by atoms with E-state index in [0.29, 0.717) is 5.69 Å². The maximum absolute atomic E-state index is 13.5. The van der Waals surface area contributed by atoms with E-state index in [-0.39, 0.29) is 17.7 Å². The Kier molecular flexibility index (Phi) is 5.76. The Morgan fingerprint density at radius 3 is 2.48 bits per heavy atom. The third-order valence-corrected chi connectivity index (χ3v) is 6.00. The number of amides is 2. The van der Waals surface area contributed by atoms with Crippen LogP contribution in [0.1, 0.15) is 47.2 Å². The average Bonchev–Trinajstić information content (AvgIpc) is 3.49. The van der Waals surface area contributed by atoms with Crippen LogP contribution in [0.5, 0.6) is 0 Å². The van der Waals surface area contributed by atoms with Gasteiger partial charge in [-0.25, -0.2) is 4.39 Å². The number of furan rings is 1. The number of hydrogen-bond donors (Lipinski definition) is 1. The normalized spacial score (nSPS) is 15.2. The van der Waals surface area contributed by atoms with Gasteiger partial charge in [0.25, 0.3) is 5.91 Å². The highest BCUT2D eigenvalue weighted by atomic mass is 32.1. The highest BCUT2D eigenvalue weighted by Gasteiger charge is 2.36. The second-order valence-corrected chi connectivity index (χ2v) is 8.02. The smallest absolute Gasteiger partial charge is 0.295 e. The SMILES string of the molecule is O=C(NC1CCCC1)[C@H](c1cccs1)N(C(=O)c1ccco1)c1ccc(F)cc1. The maximum atomic E-state index is 13.5. The number of nitrogens with one attached hydrogen (secondary N) is 1. The third kappa shape index (κ3) is 4.24. The van der Waals surface area contributed by atoms with Gasteiger partial charge in [-0.05, 0) is 60.7 Å². The molecular formula is C22H21FN2O3S. The number of nitrogens with zero attached hydrogens (tertiary/aromatic N) is 1. The molecule has 29 heavy (non-hydrogen) atoms. The lowest BCUT2D eigenvalue weighted by Gasteiger charge is -2.30. The van der Waals surface area contributed by atoms with Gasteiger partial charge in [-0.2, -0.15) is 0 Å². The van der Waals surface area contributed by atoms with Crippen molar-refractivity contribution in [1.29, 1.82) is 0 Å². The van der Waals surface area contributed by atoms with Crippen molar-refractivity contribution in [3.8, 4) is 0 Å². The second kappa shape index (κ2) is 8.61. The fourth-order valence-electron chi connectivity index (χ4n) is 3.68. The molecule has 2 heterocycles. The summed E-state index contributed by atoms with van der Waals surface area (Å²) in [6.07, 6.45) is 5.45. The minimum absolute atomic E-state index is 0.110. The number of halogens is 1. The number of thiophene rings is 1. The zero-order valence-electron chi connectivity index (χ0n) is 15.7. The summed E-state index contributed by atoms with van der Waals surface area (Å²) in [5, 5.41) is 4.96. The lowest BCUT2D eigenvalue weighted by Crippen LogP contribution is -2.46. The Balaban J connectivity index is 1.75. The summed E-state index contributed by atoms with van der Waals surface area (Å²) in [5.74, 6) is -1.00. The van der Waals surface area contributed by atoms with Gasteiger partial charge in [-0.3, -0.25) is 14.5 Å². The first-order valence-electron chi connectivity index (χ1n) is 9.60. The second-order valence-electron chi connectivity index (χ2n) is 7.04. The molecule has 7 heteroatoms. The molecule has 150 valence electrons. The molecule has 0 bridgehead atoms. The number of anilines is 1. The van der Waals surface area contributed by atoms with Crippen LogP contribution in [0, 0.1) is 5.82 Å². The molecule has 0 aliphatic heterocycles. The maximum Gasteiger partial charge on any atom is 0.295 e. The standard InChI is InChI=1S/C22H21FN2O3S/c23-15-9-11-17(12-10-15)25(22(27)18-7-3-13-28-18)20(19-8-4-14-29-19)21(26)24-16-5-1-2-6-16/h3-4,7-14,16,20H,1-2,5-6H2,(H,24,26)/t20-/m0/s1. The Hall–Kier alpha value is -2.93. The molecule has 1 aliphatic carbocycles. The number of hydrogen-bond acceptors (Lipinski definition) is 4. The molecular weight excluding hydrogens is 391 g/mol. The lowest BCUT2D eigenvalue weighted by atomic mass is 10.1. The fourth-order valence-corrected chi connectivity index (χ4v) is 4.49. The summed E-state index contributed by atoms with van der Waals surface area (Å²) in [5.41, 5.74) is 0.424. The molecule has 1 aliphatic rings. The predicted molar refractivity (Wildman–Crippen MR) is 109 cm³/mol. The predicted octanol–water partition coefficient (Wildman–Crippen LogP) is 4.93. The van der Waals surface area contributed by atoms with Crippen LogP contribution in [0.25, 0.3) is 0 Å². The average molecular weight is 412 g/mol. The number of carbonyl (C=O) groups excluding carboxylic acids is 2. The molecule has 0 radical (unpaired) electrons. The van der Waals surface area contributed by atoms with Gasteiger partial charge in [0.15, 0.2) is 11.8 Å². The van der Waals surface area contributed by atoms with Gasteiger partial charge in [0.1, 0.15) is 5.82 Å². The van der Waals surface area contributed by atoms with E-state index in [0.717, 1.165) is 30.6 Å². The molecule has 4 rings (SSSR count). The van der Waals surface area contributed by atoms with Crippen molar-refractivity contribution < 1.29 is 18.4 Å². The topological polar surface area (TPSA) is 62.6 Å². The van der Waals surface area contributed by atoms with Gasteiger partial charge < -0.3 is 9.73 Å². The molecule has 1 aromatic carbocycles. The molecule has 1 saturated carbocycles. The van der Waals surface area contributed by atoms with E-state index >= 15 is 0 Å². The van der Waals surface area contributed by atoms with Crippen LogP contribution >= 0.6 is 11.3 Å². The van der Waals surface area contributed by atoms with E-state index in [1.807, 2.05) is 17.5 Å². The Morgan fingerprint density at radius 1 is 1.10 bits per heavy atom. The first kappa shape index (κ1) is 19.4. The largest absolute Gasteiger partial charge is 0.459 e. The fraction of sp³-hybridized carbons (Fsp3) is 0.273. The minimum Gasteiger partial charge on any atom is -0.459 e. The molecule has 2 aromatic heterocycles. The van der Waals surface area contributed by atoms with Crippen LogP contribution in [-0.2, 0) is 4.79 Å². The first-order chi connectivity index (χ1) is 14.1. The highest BCUT2D eigenvalue weighted by molar-refractivity contribution is 7.10. The summed E-state index contributed by atoms with van der Waals surface area (Å²) in [6, 6.07) is 11.6. The first-order valence-corrected chi connectivity index (χ1v) is 10.5. The highest BCUT2D eigenvalue weighted by Crippen LogP contribution is 2.33. The molecule has 0 spiro atoms. The van der Waals surface area contributed by atoms with Crippen molar-refractivity contribution in [3.05, 3.63) is 76.6 Å². The van der Waals surface area contributed by atoms with Crippen LogP contribution in [0.15, 0.2) is 64.6 Å². The van der Waals surface area contributed by atoms with Crippen LogP contribution in [0.4, 0.5) is 10.1 Å². The third-order valence-electron chi connectivity index (χ3n) is 5.08. The number of benzene rings is 1. The Bertz CT molecular complexity index is 949. The van der Waals surface area contributed by atoms with Crippen molar-refractivity contribution in [1.82, 2.24) is 5.32 Å². The molecule has 3 aromatic rings. The molecule has 2 amide bonds. The van der Waals surface area contributed by atoms with Crippen LogP contribution in [0.3, 0.4) is 0 Å². The molecule has 0 saturated heterocycles. The molecule has 1 fully saturated rings. The zero-order valence-corrected chi connectivity index (χ0v) is 16.5. The summed E-state index contributed by atoms with van der Waals surface area (Å²) in [6.45, 7) is 0. The summed E-state index contributed by atoms with van der Waals surface area (Å²) < 4.78 is 18.8. The lowest BCUT2D eigenvalue weighted by molar-refractivity contribution is -0.123. The van der Waals surface area contributed by atoms with Gasteiger partial charge >= 0.3 is 0 Å². The molecule has 0 unspecified atom stereocenters. The quantitative estimate of drug-likeness (QED) is 0.625. The summed E-state index contributed by atoms with van der Waals surface area (Å²) in [7, 11) is 0. The van der Waals surface area contributed by atoms with E-state index in [2.05, 4.69) is 5.32 Å². The molecule has 1 N–H and O–H groups in total. The minimum atomic E-state index is -0.876. The van der Waals surface area contributed by atoms with Gasteiger partial charge in [0, 0.05) is 16.6 Å². The van der Waals surface area contributed by atoms with Gasteiger partial charge in [-0.1, -0.05) is 18.9 Å². The van der Waals surface area contributed by atoms with E-state index in [1.54, 1.807) is 12.1 Å². The van der Waals surface area contributed by atoms with Crippen molar-refractivity contribution in [2.24, 2.45) is 0 Å². The molecule has 5 nitrogen and oxygen atoms in total. The van der Waals surface area contributed by atoms with E-state index in [4.69, 9.17) is 4.42 Å². The van der Waals surface area contributed by atoms with Gasteiger partial charge in [0.2, 0.25) is 5.91 Å². The van der Waals surface area contributed by atoms with Gasteiger partial charge in [0.05, 0.1) is 6.26 Å². The summed E-state index contributed by atoms with van der Waals surface area (Å²) in [4.78, 5) is 28.8. The van der Waals surface area contributed by atoms with E-state index in [9.17, 15) is 14.0 Å². The Morgan fingerprint density at radius 2 is 1.86 bits per heavy atom. The molecule has 1 atom stereocenters. The van der Waals surface area contributed by atoms with Crippen LogP contribution < -0.4 is 10.2 Å². The monoisotopic (exact) mass is 412 g/mol. The van der Waals surface area contributed by atoms with Gasteiger partial charge in [-0.15, -0.1) is 11.3 Å².